The Hall–Kier alpha value is -1.77. The molecule has 8 nitrogen and oxygen atoms in total. The minimum atomic E-state index is -1.65. The van der Waals surface area contributed by atoms with Gasteiger partial charge >= 0.3 is 6.03 Å². The summed E-state index contributed by atoms with van der Waals surface area (Å²) in [7, 11) is 0. The molecule has 5 N–H and O–H groups in total. The van der Waals surface area contributed by atoms with Crippen molar-refractivity contribution in [3.63, 3.8) is 0 Å². The molecule has 0 radical (unpaired) electrons. The Bertz CT molecular complexity index is 642. The number of primary amides is 1. The normalized spacial score (nSPS) is 37.2. The molecule has 0 bridgehead atoms. The van der Waals surface area contributed by atoms with Gasteiger partial charge < -0.3 is 21.7 Å². The van der Waals surface area contributed by atoms with Gasteiger partial charge in [-0.05, 0) is 19.3 Å². The average Bonchev–Trinajstić information content (AvgIpc) is 3.13. The first-order chi connectivity index (χ1) is 12.4. The Balaban J connectivity index is 1.96. The molecule has 4 amide bonds. The van der Waals surface area contributed by atoms with Crippen molar-refractivity contribution >= 4 is 35.4 Å². The first-order valence-electron chi connectivity index (χ1n) is 9.22. The van der Waals surface area contributed by atoms with Crippen molar-refractivity contribution in [2.75, 3.05) is 5.75 Å². The van der Waals surface area contributed by atoms with Gasteiger partial charge in [-0.3, -0.25) is 14.4 Å². The van der Waals surface area contributed by atoms with E-state index in [1.165, 1.54) is 11.8 Å². The second-order valence-electron chi connectivity index (χ2n) is 7.36. The smallest absolute Gasteiger partial charge is 0.315 e. The fraction of sp³-hybridized carbons (Fsp3) is 0.765. The molecule has 3 aliphatic rings. The van der Waals surface area contributed by atoms with Gasteiger partial charge in [0.2, 0.25) is 5.91 Å². The third-order valence-electron chi connectivity index (χ3n) is 5.74. The van der Waals surface area contributed by atoms with E-state index >= 15 is 0 Å². The van der Waals surface area contributed by atoms with Crippen molar-refractivity contribution in [1.29, 1.82) is 0 Å². The maximum absolute atomic E-state index is 13.4. The second-order valence-corrected chi connectivity index (χ2v) is 8.71. The van der Waals surface area contributed by atoms with E-state index in [1.807, 2.05) is 6.92 Å². The number of Topliss-reactive ketones (excluding diaryl/α,β-unsaturated/α-hetero) is 1. The van der Waals surface area contributed by atoms with E-state index < -0.39 is 16.2 Å². The van der Waals surface area contributed by atoms with Crippen molar-refractivity contribution in [3.8, 4) is 0 Å². The number of fused-ring (bicyclic) bond motifs is 2. The highest BCUT2D eigenvalue weighted by molar-refractivity contribution is 8.01. The molecule has 26 heavy (non-hydrogen) atoms. The standard InChI is InChI=1S/C17H26N4O4S/c1-2-3-7-16(13(18)23)11(22)6-4-5-8-17(14(24)21-16)12-10(9-26-17)19-15(25)20-12/h10,12H,2-9H2,1H3,(H2,18,23)(H,21,24)(H2,19,20,25)/t10-,12-,16?,17-/m0/s1. The highest BCUT2D eigenvalue weighted by Gasteiger charge is 2.60. The van der Waals surface area contributed by atoms with Gasteiger partial charge in [-0.2, -0.15) is 0 Å². The number of rotatable bonds is 4. The number of hydrogen-bond acceptors (Lipinski definition) is 5. The quantitative estimate of drug-likeness (QED) is 0.407. The molecule has 1 unspecified atom stereocenters. The molecule has 3 heterocycles. The number of unbranched alkanes of at least 4 members (excludes halogenated alkanes) is 1. The summed E-state index contributed by atoms with van der Waals surface area (Å²) in [6.07, 6.45) is 3.63. The van der Waals surface area contributed by atoms with Crippen LogP contribution in [-0.4, -0.2) is 51.8 Å². The number of hydrogen-bond donors (Lipinski definition) is 4. The van der Waals surface area contributed by atoms with Crippen LogP contribution in [0.4, 0.5) is 4.79 Å². The fourth-order valence-electron chi connectivity index (χ4n) is 4.21. The summed E-state index contributed by atoms with van der Waals surface area (Å²) in [5, 5.41) is 8.44. The summed E-state index contributed by atoms with van der Waals surface area (Å²) in [5.74, 6) is -0.862. The summed E-state index contributed by atoms with van der Waals surface area (Å²) >= 11 is 1.48. The van der Waals surface area contributed by atoms with Gasteiger partial charge in [0.15, 0.2) is 11.3 Å². The Kier molecular flexibility index (Phi) is 5.18. The van der Waals surface area contributed by atoms with E-state index in [-0.39, 0.29) is 42.6 Å². The lowest BCUT2D eigenvalue weighted by Crippen LogP contribution is -2.67. The number of urea groups is 1. The third-order valence-corrected chi connectivity index (χ3v) is 7.43. The van der Waals surface area contributed by atoms with E-state index in [4.69, 9.17) is 5.73 Å². The SMILES string of the molecule is CCCCC1(C(N)=O)NC(=O)[C@@]2(CCCCC1=O)SC[C@@H]1NC(=O)N[C@@H]12. The van der Waals surface area contributed by atoms with Crippen LogP contribution in [0.2, 0.25) is 0 Å². The molecule has 0 saturated carbocycles. The van der Waals surface area contributed by atoms with Crippen LogP contribution in [-0.2, 0) is 14.4 Å². The molecule has 4 atom stereocenters. The molecule has 1 spiro atoms. The van der Waals surface area contributed by atoms with E-state index in [1.54, 1.807) is 0 Å². The van der Waals surface area contributed by atoms with E-state index in [0.717, 1.165) is 6.42 Å². The van der Waals surface area contributed by atoms with Crippen LogP contribution in [0, 0.1) is 0 Å². The van der Waals surface area contributed by atoms with Gasteiger partial charge in [0, 0.05) is 12.2 Å². The molecule has 0 aromatic rings. The first-order valence-corrected chi connectivity index (χ1v) is 10.2. The van der Waals surface area contributed by atoms with Crippen molar-refractivity contribution in [2.24, 2.45) is 5.73 Å². The molecule has 9 heteroatoms. The zero-order valence-electron chi connectivity index (χ0n) is 14.9. The Morgan fingerprint density at radius 2 is 2.04 bits per heavy atom. The van der Waals surface area contributed by atoms with Crippen molar-refractivity contribution in [1.82, 2.24) is 16.0 Å². The predicted molar refractivity (Wildman–Crippen MR) is 97.5 cm³/mol. The van der Waals surface area contributed by atoms with Crippen LogP contribution in [0.15, 0.2) is 0 Å². The van der Waals surface area contributed by atoms with Gasteiger partial charge in [0.1, 0.15) is 4.75 Å². The number of nitrogens with one attached hydrogen (secondary N) is 3. The van der Waals surface area contributed by atoms with E-state index in [0.29, 0.717) is 31.4 Å². The summed E-state index contributed by atoms with van der Waals surface area (Å²) < 4.78 is -0.888. The van der Waals surface area contributed by atoms with Gasteiger partial charge in [-0.15, -0.1) is 11.8 Å². The summed E-state index contributed by atoms with van der Waals surface area (Å²) in [5.41, 5.74) is 3.97. The lowest BCUT2D eigenvalue weighted by molar-refractivity contribution is -0.141. The van der Waals surface area contributed by atoms with Crippen molar-refractivity contribution < 1.29 is 19.2 Å². The molecule has 0 aromatic carbocycles. The van der Waals surface area contributed by atoms with Gasteiger partial charge in [0.25, 0.3) is 5.91 Å². The van der Waals surface area contributed by atoms with Gasteiger partial charge in [0.05, 0.1) is 12.1 Å². The maximum atomic E-state index is 13.4. The Morgan fingerprint density at radius 1 is 1.27 bits per heavy atom. The van der Waals surface area contributed by atoms with Crippen molar-refractivity contribution in [2.45, 2.75) is 74.2 Å². The fourth-order valence-corrected chi connectivity index (χ4v) is 5.84. The third kappa shape index (κ3) is 2.95. The number of carbonyl (C=O) groups is 4. The monoisotopic (exact) mass is 382 g/mol. The second kappa shape index (κ2) is 7.09. The number of ketones is 1. The van der Waals surface area contributed by atoms with Crippen LogP contribution in [0.1, 0.15) is 51.9 Å². The lowest BCUT2D eigenvalue weighted by Gasteiger charge is -2.36. The molecule has 0 aliphatic carbocycles. The molecular weight excluding hydrogens is 356 g/mol. The largest absolute Gasteiger partial charge is 0.367 e. The van der Waals surface area contributed by atoms with Crippen LogP contribution in [0.25, 0.3) is 0 Å². The average molecular weight is 382 g/mol. The van der Waals surface area contributed by atoms with E-state index in [9.17, 15) is 19.2 Å². The molecule has 3 saturated heterocycles. The van der Waals surface area contributed by atoms with Crippen molar-refractivity contribution in [3.05, 3.63) is 0 Å². The van der Waals surface area contributed by atoms with Gasteiger partial charge in [-0.1, -0.05) is 26.2 Å². The predicted octanol–water partition coefficient (Wildman–Crippen LogP) is 0.196. The Morgan fingerprint density at radius 3 is 2.73 bits per heavy atom. The van der Waals surface area contributed by atoms with Crippen LogP contribution in [0.3, 0.4) is 0 Å². The van der Waals surface area contributed by atoms with E-state index in [2.05, 4.69) is 16.0 Å². The summed E-state index contributed by atoms with van der Waals surface area (Å²) in [4.78, 5) is 50.2. The zero-order valence-corrected chi connectivity index (χ0v) is 15.7. The lowest BCUT2D eigenvalue weighted by atomic mass is 9.84. The Labute approximate surface area is 156 Å². The molecule has 0 aromatic heterocycles. The van der Waals surface area contributed by atoms with Crippen LogP contribution < -0.4 is 21.7 Å². The summed E-state index contributed by atoms with van der Waals surface area (Å²) in [6, 6.07) is -0.770. The molecule has 3 rings (SSSR count). The van der Waals surface area contributed by atoms with Crippen LogP contribution in [0.5, 0.6) is 0 Å². The zero-order chi connectivity index (χ0) is 18.9. The number of nitrogens with two attached hydrogens (primary N) is 1. The van der Waals surface area contributed by atoms with Crippen LogP contribution >= 0.6 is 11.8 Å². The number of thioether (sulfide) groups is 1. The molecule has 3 fully saturated rings. The minimum absolute atomic E-state index is 0.131. The topological polar surface area (TPSA) is 130 Å². The number of amides is 4. The summed E-state index contributed by atoms with van der Waals surface area (Å²) in [6.45, 7) is 1.95. The number of carbonyl (C=O) groups excluding carboxylic acids is 4. The highest BCUT2D eigenvalue weighted by Crippen LogP contribution is 2.45. The maximum Gasteiger partial charge on any atom is 0.315 e. The molecule has 3 aliphatic heterocycles. The van der Waals surface area contributed by atoms with Gasteiger partial charge in [-0.25, -0.2) is 4.79 Å². The first kappa shape index (κ1) is 19.0. The molecular formula is C17H26N4O4S. The molecule has 144 valence electrons. The highest BCUT2D eigenvalue weighted by atomic mass is 32.2. The minimum Gasteiger partial charge on any atom is -0.367 e.